The lowest BCUT2D eigenvalue weighted by Crippen LogP contribution is -2.27. The predicted octanol–water partition coefficient (Wildman–Crippen LogP) is 1.49. The van der Waals surface area contributed by atoms with E-state index < -0.39 is 10.0 Å². The molecule has 0 amide bonds. The van der Waals surface area contributed by atoms with Crippen LogP contribution in [0.15, 0.2) is 33.6 Å². The zero-order valence-corrected chi connectivity index (χ0v) is 12.0. The first kappa shape index (κ1) is 14.0. The Morgan fingerprint density at radius 1 is 1.22 bits per heavy atom. The standard InChI is InChI=1S/C11H14BrNO4S/c12-9-1-3-10(4-2-9)18(14,15)13-6-5-11-16-7-8-17-11/h1-4,11,13H,5-8H2. The summed E-state index contributed by atoms with van der Waals surface area (Å²) >= 11 is 3.26. The molecule has 0 radical (unpaired) electrons. The van der Waals surface area contributed by atoms with Gasteiger partial charge >= 0.3 is 0 Å². The van der Waals surface area contributed by atoms with E-state index in [4.69, 9.17) is 9.47 Å². The Morgan fingerprint density at radius 2 is 1.83 bits per heavy atom. The Bertz CT molecular complexity index is 482. The quantitative estimate of drug-likeness (QED) is 0.885. The van der Waals surface area contributed by atoms with Gasteiger partial charge in [0.05, 0.1) is 18.1 Å². The highest BCUT2D eigenvalue weighted by Crippen LogP contribution is 2.14. The number of rotatable bonds is 5. The third-order valence-electron chi connectivity index (χ3n) is 2.49. The minimum atomic E-state index is -3.45. The van der Waals surface area contributed by atoms with Crippen LogP contribution >= 0.6 is 15.9 Å². The zero-order chi connectivity index (χ0) is 13.0. The summed E-state index contributed by atoms with van der Waals surface area (Å²) in [4.78, 5) is 0.249. The van der Waals surface area contributed by atoms with E-state index in [0.29, 0.717) is 26.2 Å². The normalized spacial score (nSPS) is 17.2. The molecule has 5 nitrogen and oxygen atoms in total. The van der Waals surface area contributed by atoms with Crippen molar-refractivity contribution in [2.24, 2.45) is 0 Å². The lowest BCUT2D eigenvalue weighted by atomic mass is 10.4. The van der Waals surface area contributed by atoms with Crippen LogP contribution in [0.5, 0.6) is 0 Å². The molecule has 0 spiro atoms. The fraction of sp³-hybridized carbons (Fsp3) is 0.455. The summed E-state index contributed by atoms with van der Waals surface area (Å²) in [6.07, 6.45) is 0.216. The van der Waals surface area contributed by atoms with Gasteiger partial charge in [-0.15, -0.1) is 0 Å². The van der Waals surface area contributed by atoms with E-state index in [1.165, 1.54) is 0 Å². The maximum Gasteiger partial charge on any atom is 0.240 e. The van der Waals surface area contributed by atoms with E-state index in [1.807, 2.05) is 0 Å². The van der Waals surface area contributed by atoms with Crippen LogP contribution in [0.2, 0.25) is 0 Å². The van der Waals surface area contributed by atoms with Gasteiger partial charge in [0.15, 0.2) is 6.29 Å². The molecule has 7 heteroatoms. The van der Waals surface area contributed by atoms with E-state index in [1.54, 1.807) is 24.3 Å². The highest BCUT2D eigenvalue weighted by Gasteiger charge is 2.18. The van der Waals surface area contributed by atoms with Crippen LogP contribution in [-0.4, -0.2) is 34.5 Å². The van der Waals surface area contributed by atoms with E-state index in [-0.39, 0.29) is 11.2 Å². The first-order valence-electron chi connectivity index (χ1n) is 5.56. The SMILES string of the molecule is O=S(=O)(NCCC1OCCO1)c1ccc(Br)cc1. The summed E-state index contributed by atoms with van der Waals surface area (Å²) in [5.74, 6) is 0. The zero-order valence-electron chi connectivity index (χ0n) is 9.63. The fourth-order valence-electron chi connectivity index (χ4n) is 1.58. The molecule has 0 aliphatic carbocycles. The first-order valence-corrected chi connectivity index (χ1v) is 7.84. The lowest BCUT2D eigenvalue weighted by molar-refractivity contribution is -0.0451. The van der Waals surface area contributed by atoms with Gasteiger partial charge in [0.25, 0.3) is 0 Å². The van der Waals surface area contributed by atoms with Gasteiger partial charge in [0.2, 0.25) is 10.0 Å². The molecule has 1 heterocycles. The van der Waals surface area contributed by atoms with Crippen LogP contribution in [0.4, 0.5) is 0 Å². The topological polar surface area (TPSA) is 64.6 Å². The van der Waals surface area contributed by atoms with Crippen molar-refractivity contribution < 1.29 is 17.9 Å². The molecule has 1 aliphatic heterocycles. The molecule has 0 atom stereocenters. The van der Waals surface area contributed by atoms with Crippen molar-refractivity contribution >= 4 is 26.0 Å². The molecule has 1 aromatic rings. The van der Waals surface area contributed by atoms with Gasteiger partial charge in [0, 0.05) is 17.4 Å². The Morgan fingerprint density at radius 3 is 2.44 bits per heavy atom. The fourth-order valence-corrected chi connectivity index (χ4v) is 2.89. The van der Waals surface area contributed by atoms with Crippen molar-refractivity contribution in [1.29, 1.82) is 0 Å². The molecule has 1 saturated heterocycles. The third-order valence-corrected chi connectivity index (χ3v) is 4.49. The number of ether oxygens (including phenoxy) is 2. The second kappa shape index (κ2) is 6.12. The third kappa shape index (κ3) is 3.76. The number of benzene rings is 1. The van der Waals surface area contributed by atoms with E-state index in [2.05, 4.69) is 20.7 Å². The smallest absolute Gasteiger partial charge is 0.240 e. The van der Waals surface area contributed by atoms with Crippen LogP contribution in [0.3, 0.4) is 0 Å². The maximum absolute atomic E-state index is 11.9. The Labute approximate surface area is 115 Å². The molecule has 1 aromatic carbocycles. The van der Waals surface area contributed by atoms with Crippen LogP contribution in [0.1, 0.15) is 6.42 Å². The van der Waals surface area contributed by atoms with Crippen LogP contribution in [0, 0.1) is 0 Å². The molecule has 0 aromatic heterocycles. The number of hydrogen-bond acceptors (Lipinski definition) is 4. The molecule has 1 aliphatic rings. The summed E-state index contributed by atoms with van der Waals surface area (Å²) in [5, 5.41) is 0. The maximum atomic E-state index is 11.9. The molecular weight excluding hydrogens is 322 g/mol. The molecule has 0 unspecified atom stereocenters. The number of sulfonamides is 1. The Balaban J connectivity index is 1.88. The minimum absolute atomic E-state index is 0.249. The molecule has 18 heavy (non-hydrogen) atoms. The Hall–Kier alpha value is -0.470. The van der Waals surface area contributed by atoms with Gasteiger partial charge in [0.1, 0.15) is 0 Å². The lowest BCUT2D eigenvalue weighted by Gasteiger charge is -2.10. The van der Waals surface area contributed by atoms with Crippen molar-refractivity contribution in [3.8, 4) is 0 Å². The molecular formula is C11H14BrNO4S. The van der Waals surface area contributed by atoms with Gasteiger partial charge < -0.3 is 9.47 Å². The van der Waals surface area contributed by atoms with Crippen LogP contribution in [-0.2, 0) is 19.5 Å². The van der Waals surface area contributed by atoms with Crippen molar-refractivity contribution in [1.82, 2.24) is 4.72 Å². The van der Waals surface area contributed by atoms with Crippen molar-refractivity contribution in [2.75, 3.05) is 19.8 Å². The largest absolute Gasteiger partial charge is 0.350 e. The van der Waals surface area contributed by atoms with Crippen molar-refractivity contribution in [2.45, 2.75) is 17.6 Å². The number of nitrogens with one attached hydrogen (secondary N) is 1. The van der Waals surface area contributed by atoms with Crippen molar-refractivity contribution in [3.05, 3.63) is 28.7 Å². The van der Waals surface area contributed by atoms with Gasteiger partial charge in [-0.3, -0.25) is 0 Å². The highest BCUT2D eigenvalue weighted by atomic mass is 79.9. The number of halogens is 1. The second-order valence-corrected chi connectivity index (χ2v) is 6.49. The summed E-state index contributed by atoms with van der Waals surface area (Å²) in [5.41, 5.74) is 0. The molecule has 100 valence electrons. The van der Waals surface area contributed by atoms with Gasteiger partial charge in [-0.05, 0) is 24.3 Å². The average Bonchev–Trinajstić information content (AvgIpc) is 2.82. The highest BCUT2D eigenvalue weighted by molar-refractivity contribution is 9.10. The summed E-state index contributed by atoms with van der Waals surface area (Å²) < 4.78 is 37.6. The monoisotopic (exact) mass is 335 g/mol. The van der Waals surface area contributed by atoms with Gasteiger partial charge in [-0.25, -0.2) is 13.1 Å². The van der Waals surface area contributed by atoms with Crippen molar-refractivity contribution in [3.63, 3.8) is 0 Å². The second-order valence-electron chi connectivity index (χ2n) is 3.81. The first-order chi connectivity index (χ1) is 8.58. The summed E-state index contributed by atoms with van der Waals surface area (Å²) in [7, 11) is -3.45. The average molecular weight is 336 g/mol. The predicted molar refractivity (Wildman–Crippen MR) is 69.6 cm³/mol. The van der Waals surface area contributed by atoms with E-state index >= 15 is 0 Å². The summed E-state index contributed by atoms with van der Waals surface area (Å²) in [6.45, 7) is 1.44. The molecule has 2 rings (SSSR count). The van der Waals surface area contributed by atoms with Crippen LogP contribution in [0.25, 0.3) is 0 Å². The molecule has 1 fully saturated rings. The van der Waals surface area contributed by atoms with E-state index in [0.717, 1.165) is 4.47 Å². The Kier molecular flexibility index (Phi) is 4.74. The van der Waals surface area contributed by atoms with Crippen LogP contribution < -0.4 is 4.72 Å². The minimum Gasteiger partial charge on any atom is -0.350 e. The molecule has 0 saturated carbocycles. The van der Waals surface area contributed by atoms with Gasteiger partial charge in [-0.2, -0.15) is 0 Å². The van der Waals surface area contributed by atoms with Gasteiger partial charge in [-0.1, -0.05) is 15.9 Å². The molecule has 0 bridgehead atoms. The molecule has 1 N–H and O–H groups in total. The van der Waals surface area contributed by atoms with E-state index in [9.17, 15) is 8.42 Å². The summed E-state index contributed by atoms with van der Waals surface area (Å²) in [6, 6.07) is 6.49. The number of hydrogen-bond donors (Lipinski definition) is 1.